The molecule has 55 heavy (non-hydrogen) atoms. The van der Waals surface area contributed by atoms with E-state index in [2.05, 4.69) is 182 Å². The molecule has 0 amide bonds. The SMILES string of the molecule is c1ccc2c(c1)ccc1oc3ccc(-c4cc(-c5ccc6ccc7cccc8ccc5c6c78)cc(-c5ccc6ccc7cccc8ccc5c6c78)c4)cc3c12. The normalized spacial score (nSPS) is 12.4. The number of hydrogen-bond acceptors (Lipinski definition) is 1. The molecule has 0 aliphatic rings. The second-order valence-electron chi connectivity index (χ2n) is 15.2. The fourth-order valence-electron chi connectivity index (χ4n) is 9.81. The number of fused-ring (bicyclic) bond motifs is 5. The van der Waals surface area contributed by atoms with Gasteiger partial charge in [0.15, 0.2) is 0 Å². The summed E-state index contributed by atoms with van der Waals surface area (Å²) in [6, 6.07) is 67.7. The maximum absolute atomic E-state index is 6.45. The molecule has 0 spiro atoms. The van der Waals surface area contributed by atoms with E-state index in [0.717, 1.165) is 16.6 Å². The lowest BCUT2D eigenvalue weighted by molar-refractivity contribution is 0.669. The third kappa shape index (κ3) is 4.07. The van der Waals surface area contributed by atoms with Crippen molar-refractivity contribution >= 4 is 97.3 Å². The van der Waals surface area contributed by atoms with Gasteiger partial charge >= 0.3 is 0 Å². The molecule has 0 saturated heterocycles. The third-order valence-electron chi connectivity index (χ3n) is 12.3. The fraction of sp³-hybridized carbons (Fsp3) is 0. The summed E-state index contributed by atoms with van der Waals surface area (Å²) in [6.45, 7) is 0. The molecular formula is C54H30O. The minimum atomic E-state index is 0.907. The second kappa shape index (κ2) is 10.7. The minimum absolute atomic E-state index is 0.907. The van der Waals surface area contributed by atoms with Crippen LogP contribution in [0.3, 0.4) is 0 Å². The van der Waals surface area contributed by atoms with Gasteiger partial charge in [-0.1, -0.05) is 146 Å². The van der Waals surface area contributed by atoms with E-state index in [1.165, 1.54) is 114 Å². The van der Waals surface area contributed by atoms with E-state index in [4.69, 9.17) is 4.42 Å². The van der Waals surface area contributed by atoms with Gasteiger partial charge in [-0.05, 0) is 145 Å². The van der Waals surface area contributed by atoms with Crippen LogP contribution in [0.5, 0.6) is 0 Å². The maximum atomic E-state index is 6.45. The molecule has 13 aromatic rings. The van der Waals surface area contributed by atoms with Crippen LogP contribution in [0.2, 0.25) is 0 Å². The highest BCUT2D eigenvalue weighted by Gasteiger charge is 2.18. The molecule has 0 atom stereocenters. The van der Waals surface area contributed by atoms with E-state index in [9.17, 15) is 0 Å². The van der Waals surface area contributed by atoms with Gasteiger partial charge < -0.3 is 4.42 Å². The monoisotopic (exact) mass is 694 g/mol. The largest absolute Gasteiger partial charge is 0.456 e. The van der Waals surface area contributed by atoms with Crippen LogP contribution in [-0.4, -0.2) is 0 Å². The molecule has 0 radical (unpaired) electrons. The molecular weight excluding hydrogens is 665 g/mol. The quantitative estimate of drug-likeness (QED) is 0.168. The van der Waals surface area contributed by atoms with Crippen molar-refractivity contribution in [2.75, 3.05) is 0 Å². The van der Waals surface area contributed by atoms with Crippen molar-refractivity contribution in [2.45, 2.75) is 0 Å². The summed E-state index contributed by atoms with van der Waals surface area (Å²) in [6.07, 6.45) is 0. The summed E-state index contributed by atoms with van der Waals surface area (Å²) < 4.78 is 6.45. The number of furan rings is 1. The summed E-state index contributed by atoms with van der Waals surface area (Å²) in [4.78, 5) is 0. The second-order valence-corrected chi connectivity index (χ2v) is 15.2. The summed E-state index contributed by atoms with van der Waals surface area (Å²) in [5, 5.41) is 20.3. The van der Waals surface area contributed by atoms with Gasteiger partial charge in [0.25, 0.3) is 0 Å². The Balaban J connectivity index is 1.11. The predicted molar refractivity (Wildman–Crippen MR) is 235 cm³/mol. The zero-order chi connectivity index (χ0) is 35.8. The highest BCUT2D eigenvalue weighted by molar-refractivity contribution is 6.27. The molecule has 0 fully saturated rings. The minimum Gasteiger partial charge on any atom is -0.456 e. The van der Waals surface area contributed by atoms with Gasteiger partial charge in [0.2, 0.25) is 0 Å². The van der Waals surface area contributed by atoms with E-state index in [1.54, 1.807) is 0 Å². The summed E-state index contributed by atoms with van der Waals surface area (Å²) in [7, 11) is 0. The Kier molecular flexibility index (Phi) is 5.69. The van der Waals surface area contributed by atoms with Crippen LogP contribution in [-0.2, 0) is 0 Å². The van der Waals surface area contributed by atoms with Crippen LogP contribution in [0.1, 0.15) is 0 Å². The molecule has 1 nitrogen and oxygen atoms in total. The van der Waals surface area contributed by atoms with Crippen molar-refractivity contribution in [3.05, 3.63) is 182 Å². The Morgan fingerprint density at radius 2 is 0.709 bits per heavy atom. The van der Waals surface area contributed by atoms with Crippen LogP contribution >= 0.6 is 0 Å². The highest BCUT2D eigenvalue weighted by Crippen LogP contribution is 2.45. The van der Waals surface area contributed by atoms with Crippen LogP contribution in [0, 0.1) is 0 Å². The zero-order valence-electron chi connectivity index (χ0n) is 29.7. The van der Waals surface area contributed by atoms with Crippen LogP contribution in [0.4, 0.5) is 0 Å². The van der Waals surface area contributed by atoms with Crippen LogP contribution in [0.15, 0.2) is 186 Å². The first-order valence-corrected chi connectivity index (χ1v) is 19.1. The molecule has 12 aromatic carbocycles. The van der Waals surface area contributed by atoms with Gasteiger partial charge in [0.1, 0.15) is 11.2 Å². The van der Waals surface area contributed by atoms with Gasteiger partial charge in [-0.15, -0.1) is 0 Å². The lowest BCUT2D eigenvalue weighted by Gasteiger charge is -2.18. The lowest BCUT2D eigenvalue weighted by atomic mass is 9.86. The van der Waals surface area contributed by atoms with Gasteiger partial charge in [0.05, 0.1) is 0 Å². The van der Waals surface area contributed by atoms with E-state index in [0.29, 0.717) is 0 Å². The topological polar surface area (TPSA) is 13.1 Å². The zero-order valence-corrected chi connectivity index (χ0v) is 29.7. The average molecular weight is 695 g/mol. The molecule has 0 aliphatic heterocycles. The molecule has 0 saturated carbocycles. The van der Waals surface area contributed by atoms with Gasteiger partial charge in [-0.2, -0.15) is 0 Å². The molecule has 1 heterocycles. The Morgan fingerprint density at radius 1 is 0.236 bits per heavy atom. The summed E-state index contributed by atoms with van der Waals surface area (Å²) in [5.41, 5.74) is 9.08. The summed E-state index contributed by atoms with van der Waals surface area (Å²) >= 11 is 0. The number of rotatable bonds is 3. The number of benzene rings is 12. The van der Waals surface area contributed by atoms with Crippen molar-refractivity contribution in [2.24, 2.45) is 0 Å². The van der Waals surface area contributed by atoms with Crippen molar-refractivity contribution in [3.8, 4) is 33.4 Å². The third-order valence-corrected chi connectivity index (χ3v) is 12.3. The first-order valence-electron chi connectivity index (χ1n) is 19.1. The van der Waals surface area contributed by atoms with E-state index >= 15 is 0 Å². The standard InChI is InChI=1S/C54H30O/c1-2-10-44-31(5-1)19-26-49-54(44)47-30-38(20-25-48(47)55-49)39-27-40(42-21-15-36-13-11-32-6-3-8-34-17-23-45(42)52(36)50(32)34)29-41(28-39)43-22-16-37-14-12-33-7-4-9-35-18-24-46(43)53(37)51(33)35/h1-30H. The molecule has 0 unspecified atom stereocenters. The fourth-order valence-corrected chi connectivity index (χ4v) is 9.81. The lowest BCUT2D eigenvalue weighted by Crippen LogP contribution is -1.91. The van der Waals surface area contributed by atoms with E-state index in [-0.39, 0.29) is 0 Å². The summed E-state index contributed by atoms with van der Waals surface area (Å²) in [5.74, 6) is 0. The predicted octanol–water partition coefficient (Wildman–Crippen LogP) is 15.5. The van der Waals surface area contributed by atoms with Gasteiger partial charge in [-0.25, -0.2) is 0 Å². The van der Waals surface area contributed by atoms with Gasteiger partial charge in [0, 0.05) is 10.8 Å². The Labute approximate surface area is 315 Å². The van der Waals surface area contributed by atoms with Crippen molar-refractivity contribution < 1.29 is 4.42 Å². The molecule has 252 valence electrons. The molecule has 1 heteroatoms. The molecule has 1 aromatic heterocycles. The van der Waals surface area contributed by atoms with Crippen LogP contribution in [0.25, 0.3) is 131 Å². The molecule has 0 N–H and O–H groups in total. The first kappa shape index (κ1) is 29.3. The van der Waals surface area contributed by atoms with E-state index < -0.39 is 0 Å². The molecule has 13 rings (SSSR count). The first-order chi connectivity index (χ1) is 27.2. The van der Waals surface area contributed by atoms with Crippen molar-refractivity contribution in [1.29, 1.82) is 0 Å². The Hall–Kier alpha value is -7.22. The van der Waals surface area contributed by atoms with Crippen molar-refractivity contribution in [3.63, 3.8) is 0 Å². The Bertz CT molecular complexity index is 3510. The van der Waals surface area contributed by atoms with Crippen LogP contribution < -0.4 is 0 Å². The maximum Gasteiger partial charge on any atom is 0.136 e. The molecule has 0 bridgehead atoms. The number of hydrogen-bond donors (Lipinski definition) is 0. The Morgan fingerprint density at radius 3 is 1.33 bits per heavy atom. The van der Waals surface area contributed by atoms with Gasteiger partial charge in [-0.3, -0.25) is 0 Å². The average Bonchev–Trinajstić information content (AvgIpc) is 3.63. The molecule has 0 aliphatic carbocycles. The highest BCUT2D eigenvalue weighted by atomic mass is 16.3. The smallest absolute Gasteiger partial charge is 0.136 e. The van der Waals surface area contributed by atoms with Crippen molar-refractivity contribution in [1.82, 2.24) is 0 Å². The van der Waals surface area contributed by atoms with E-state index in [1.807, 2.05) is 0 Å².